The molecule has 0 aliphatic carbocycles. The van der Waals surface area contributed by atoms with Crippen LogP contribution in [0.3, 0.4) is 0 Å². The van der Waals surface area contributed by atoms with Crippen LogP contribution in [0.4, 0.5) is 0 Å². The van der Waals surface area contributed by atoms with Crippen LogP contribution in [0, 0.1) is 0 Å². The van der Waals surface area contributed by atoms with Gasteiger partial charge in [-0.1, -0.05) is 12.1 Å². The van der Waals surface area contributed by atoms with Crippen LogP contribution in [0.1, 0.15) is 16.1 Å². The van der Waals surface area contributed by atoms with Crippen molar-refractivity contribution in [3.8, 4) is 11.5 Å². The minimum absolute atomic E-state index is 0.0422. The zero-order valence-electron chi connectivity index (χ0n) is 15.6. The van der Waals surface area contributed by atoms with Gasteiger partial charge in [0.25, 0.3) is 5.91 Å². The third-order valence-electron chi connectivity index (χ3n) is 4.13. The van der Waals surface area contributed by atoms with E-state index in [1.165, 1.54) is 0 Å². The Kier molecular flexibility index (Phi) is 6.29. The Hall–Kier alpha value is -3.32. The number of rotatable bonds is 9. The first kappa shape index (κ1) is 19.4. The molecule has 1 heterocycles. The van der Waals surface area contributed by atoms with E-state index in [9.17, 15) is 9.59 Å². The van der Waals surface area contributed by atoms with E-state index in [4.69, 9.17) is 18.6 Å². The van der Waals surface area contributed by atoms with E-state index >= 15 is 0 Å². The highest BCUT2D eigenvalue weighted by Crippen LogP contribution is 2.24. The summed E-state index contributed by atoms with van der Waals surface area (Å²) in [6.45, 7) is 0.336. The molecule has 2 aromatic carbocycles. The molecule has 1 amide bonds. The Morgan fingerprint density at radius 3 is 2.64 bits per heavy atom. The maximum Gasteiger partial charge on any atom is 0.287 e. The van der Waals surface area contributed by atoms with E-state index in [1.807, 2.05) is 24.3 Å². The smallest absolute Gasteiger partial charge is 0.287 e. The molecular formula is C21H21NO6. The molecule has 146 valence electrons. The largest absolute Gasteiger partial charge is 0.497 e. The van der Waals surface area contributed by atoms with Gasteiger partial charge in [-0.15, -0.1) is 0 Å². The number of fused-ring (bicyclic) bond motifs is 1. The van der Waals surface area contributed by atoms with Crippen molar-refractivity contribution in [2.45, 2.75) is 12.6 Å². The lowest BCUT2D eigenvalue weighted by molar-refractivity contribution is -0.110. The normalized spacial score (nSPS) is 11.8. The summed E-state index contributed by atoms with van der Waals surface area (Å²) in [5.41, 5.74) is 1.46. The first-order valence-electron chi connectivity index (χ1n) is 8.67. The number of carbonyl (C=O) groups excluding carboxylic acids is 2. The Labute approximate surface area is 162 Å². The second-order valence-corrected chi connectivity index (χ2v) is 6.10. The Morgan fingerprint density at radius 1 is 1.11 bits per heavy atom. The first-order chi connectivity index (χ1) is 13.6. The number of hydrogen-bond acceptors (Lipinski definition) is 6. The zero-order chi connectivity index (χ0) is 19.9. The summed E-state index contributed by atoms with van der Waals surface area (Å²) in [4.78, 5) is 23.7. The molecule has 7 nitrogen and oxygen atoms in total. The molecule has 7 heteroatoms. The average molecular weight is 383 g/mol. The third kappa shape index (κ3) is 4.69. The summed E-state index contributed by atoms with van der Waals surface area (Å²) >= 11 is 0. The van der Waals surface area contributed by atoms with Gasteiger partial charge < -0.3 is 28.7 Å². The quantitative estimate of drug-likeness (QED) is 0.572. The molecule has 1 atom stereocenters. The van der Waals surface area contributed by atoms with E-state index in [1.54, 1.807) is 38.5 Å². The van der Waals surface area contributed by atoms with Gasteiger partial charge in [-0.25, -0.2) is 0 Å². The highest BCUT2D eigenvalue weighted by Gasteiger charge is 2.17. The maximum atomic E-state index is 12.4. The monoisotopic (exact) mass is 383 g/mol. The average Bonchev–Trinajstić information content (AvgIpc) is 3.16. The fraction of sp³-hybridized carbons (Fsp3) is 0.238. The molecule has 0 saturated carbocycles. The van der Waals surface area contributed by atoms with Gasteiger partial charge in [-0.05, 0) is 42.0 Å². The highest BCUT2D eigenvalue weighted by atomic mass is 16.5. The molecule has 0 saturated heterocycles. The van der Waals surface area contributed by atoms with Crippen molar-refractivity contribution < 1.29 is 28.2 Å². The predicted octanol–water partition coefficient (Wildman–Crippen LogP) is 2.96. The van der Waals surface area contributed by atoms with Crippen molar-refractivity contribution in [3.05, 3.63) is 59.9 Å². The van der Waals surface area contributed by atoms with Crippen molar-refractivity contribution in [3.63, 3.8) is 0 Å². The third-order valence-corrected chi connectivity index (χ3v) is 4.13. The van der Waals surface area contributed by atoms with Gasteiger partial charge in [0.15, 0.2) is 5.76 Å². The summed E-state index contributed by atoms with van der Waals surface area (Å²) in [6.07, 6.45) is 0.634. The lowest BCUT2D eigenvalue weighted by Gasteiger charge is -2.12. The lowest BCUT2D eigenvalue weighted by atomic mass is 10.2. The molecule has 28 heavy (non-hydrogen) atoms. The molecule has 3 rings (SSSR count). The number of benzene rings is 2. The Morgan fingerprint density at radius 2 is 1.89 bits per heavy atom. The Bertz CT molecular complexity index is 964. The SMILES string of the molecule is COc1cccc(COC[C@@H](C=O)NC(=O)c2cc3cc(OC)ccc3o2)c1. The molecule has 0 aliphatic heterocycles. The van der Waals surface area contributed by atoms with Crippen molar-refractivity contribution in [2.24, 2.45) is 0 Å². The summed E-state index contributed by atoms with van der Waals surface area (Å²) in [6, 6.07) is 13.5. The molecule has 0 fully saturated rings. The van der Waals surface area contributed by atoms with Crippen molar-refractivity contribution in [1.82, 2.24) is 5.32 Å². The molecule has 3 aromatic rings. The summed E-state index contributed by atoms with van der Waals surface area (Å²) in [5, 5.41) is 3.34. The topological polar surface area (TPSA) is 87.0 Å². The second kappa shape index (κ2) is 9.05. The molecule has 1 aromatic heterocycles. The summed E-state index contributed by atoms with van der Waals surface area (Å²) in [5.74, 6) is 1.01. The highest BCUT2D eigenvalue weighted by molar-refractivity contribution is 5.97. The maximum absolute atomic E-state index is 12.4. The van der Waals surface area contributed by atoms with Crippen LogP contribution in [0.15, 0.2) is 52.9 Å². The van der Waals surface area contributed by atoms with Crippen molar-refractivity contribution in [1.29, 1.82) is 0 Å². The first-order valence-corrected chi connectivity index (χ1v) is 8.67. The van der Waals surface area contributed by atoms with Gasteiger partial charge in [0.2, 0.25) is 0 Å². The summed E-state index contributed by atoms with van der Waals surface area (Å²) < 4.78 is 21.4. The molecule has 0 spiro atoms. The van der Waals surface area contributed by atoms with Gasteiger partial charge in [0.05, 0.1) is 27.4 Å². The molecule has 1 N–H and O–H groups in total. The zero-order valence-corrected chi connectivity index (χ0v) is 15.6. The standard InChI is InChI=1S/C21H21NO6/c1-25-17-5-3-4-14(8-17)12-27-13-16(11-23)22-21(24)20-10-15-9-18(26-2)6-7-19(15)28-20/h3-11,16H,12-13H2,1-2H3,(H,22,24)/t16-/m1/s1. The van der Waals surface area contributed by atoms with Gasteiger partial charge in [-0.3, -0.25) is 4.79 Å². The van der Waals surface area contributed by atoms with E-state index in [-0.39, 0.29) is 12.4 Å². The number of aldehydes is 1. The molecular weight excluding hydrogens is 362 g/mol. The van der Waals surface area contributed by atoms with Crippen LogP contribution in [-0.2, 0) is 16.1 Å². The molecule has 0 radical (unpaired) electrons. The Balaban J connectivity index is 1.57. The van der Waals surface area contributed by atoms with Gasteiger partial charge in [0.1, 0.15) is 29.4 Å². The van der Waals surface area contributed by atoms with Gasteiger partial charge in [-0.2, -0.15) is 0 Å². The van der Waals surface area contributed by atoms with E-state index in [2.05, 4.69) is 5.32 Å². The van der Waals surface area contributed by atoms with E-state index < -0.39 is 11.9 Å². The van der Waals surface area contributed by atoms with Crippen LogP contribution in [0.5, 0.6) is 11.5 Å². The molecule has 0 aliphatic rings. The number of ether oxygens (including phenoxy) is 3. The summed E-state index contributed by atoms with van der Waals surface area (Å²) in [7, 11) is 3.15. The number of amides is 1. The van der Waals surface area contributed by atoms with E-state index in [0.717, 1.165) is 16.7 Å². The van der Waals surface area contributed by atoms with Crippen LogP contribution in [-0.4, -0.2) is 39.1 Å². The number of nitrogens with one attached hydrogen (secondary N) is 1. The number of furan rings is 1. The van der Waals surface area contributed by atoms with Crippen molar-refractivity contribution >= 4 is 23.2 Å². The fourth-order valence-corrected chi connectivity index (χ4v) is 2.68. The minimum atomic E-state index is -0.791. The van der Waals surface area contributed by atoms with Crippen LogP contribution < -0.4 is 14.8 Å². The van der Waals surface area contributed by atoms with E-state index in [0.29, 0.717) is 24.2 Å². The fourth-order valence-electron chi connectivity index (χ4n) is 2.68. The number of carbonyl (C=O) groups is 2. The van der Waals surface area contributed by atoms with Gasteiger partial charge in [0, 0.05) is 5.39 Å². The van der Waals surface area contributed by atoms with Crippen molar-refractivity contribution in [2.75, 3.05) is 20.8 Å². The van der Waals surface area contributed by atoms with Crippen LogP contribution in [0.25, 0.3) is 11.0 Å². The van der Waals surface area contributed by atoms with Crippen LogP contribution >= 0.6 is 0 Å². The lowest BCUT2D eigenvalue weighted by Crippen LogP contribution is -2.39. The minimum Gasteiger partial charge on any atom is -0.497 e. The van der Waals surface area contributed by atoms with Gasteiger partial charge >= 0.3 is 0 Å². The second-order valence-electron chi connectivity index (χ2n) is 6.10. The number of methoxy groups -OCH3 is 2. The van der Waals surface area contributed by atoms with Crippen LogP contribution in [0.2, 0.25) is 0 Å². The molecule has 0 unspecified atom stereocenters. The number of hydrogen-bond donors (Lipinski definition) is 1. The molecule has 0 bridgehead atoms. The predicted molar refractivity (Wildman–Crippen MR) is 103 cm³/mol.